The number of hydrogen-bond acceptors (Lipinski definition) is 12. The van der Waals surface area contributed by atoms with Crippen molar-refractivity contribution in [2.24, 2.45) is 0 Å². The molecule has 53 heavy (non-hydrogen) atoms. The minimum absolute atomic E-state index is 0.139. The van der Waals surface area contributed by atoms with E-state index >= 15 is 0 Å². The Balaban J connectivity index is 0.000000413. The summed E-state index contributed by atoms with van der Waals surface area (Å²) < 4.78 is 36.4. The van der Waals surface area contributed by atoms with Crippen LogP contribution in [0.15, 0.2) is 52.3 Å². The zero-order valence-electron chi connectivity index (χ0n) is 29.6. The van der Waals surface area contributed by atoms with Crippen molar-refractivity contribution in [2.75, 3.05) is 39.3 Å². The molecule has 0 aliphatic carbocycles. The minimum Gasteiger partial charge on any atom is -0.493 e. The summed E-state index contributed by atoms with van der Waals surface area (Å²) in [6.07, 6.45) is 0.792. The van der Waals surface area contributed by atoms with Crippen LogP contribution in [0.4, 0.5) is 0 Å². The molecule has 286 valence electrons. The number of pyridine rings is 1. The third kappa shape index (κ3) is 9.80. The Kier molecular flexibility index (Phi) is 13.4. The number of piperazine rings is 1. The molecule has 5 rings (SSSR count). The van der Waals surface area contributed by atoms with E-state index in [4.69, 9.17) is 30.1 Å². The standard InChI is InChI=1S/C28H35N7O4S.C6H8O7/c1-4-17-39-24-11-10-21(40(37,38)34-15-13-33(6-3)14-16-34)18-22(24)27-30-25-23(5-2)35(32-26(25)28(36)31-27)19-20-9-7-8-12-29-20;7-3(8)1-6(13,5(11)12)2-4(9)10/h7-12,18H,4-6,13-17,19H2,1-3H3,(H,30,31,36);13H,1-2H2,(H,7,8)(H,9,10)(H,11,12). The summed E-state index contributed by atoms with van der Waals surface area (Å²) >= 11 is 0. The number of aromatic amines is 1. The van der Waals surface area contributed by atoms with Crippen molar-refractivity contribution in [3.8, 4) is 17.1 Å². The fourth-order valence-electron chi connectivity index (χ4n) is 5.66. The highest BCUT2D eigenvalue weighted by Gasteiger charge is 2.40. The number of aromatic nitrogens is 5. The molecule has 0 bridgehead atoms. The highest BCUT2D eigenvalue weighted by atomic mass is 32.2. The number of aliphatic hydroxyl groups is 1. The zero-order chi connectivity index (χ0) is 38.9. The second-order valence-electron chi connectivity index (χ2n) is 12.2. The number of nitrogens with one attached hydrogen (secondary N) is 1. The van der Waals surface area contributed by atoms with Crippen LogP contribution in [0.25, 0.3) is 22.4 Å². The molecular formula is C34H43N7O11S. The summed E-state index contributed by atoms with van der Waals surface area (Å²) in [5, 5.41) is 38.4. The number of likely N-dealkylation sites (N-methyl/N-ethyl adjacent to an activating group) is 1. The van der Waals surface area contributed by atoms with Crippen molar-refractivity contribution in [3.63, 3.8) is 0 Å². The van der Waals surface area contributed by atoms with Gasteiger partial charge < -0.3 is 35.0 Å². The maximum absolute atomic E-state index is 13.6. The van der Waals surface area contributed by atoms with Crippen LogP contribution in [-0.4, -0.2) is 126 Å². The summed E-state index contributed by atoms with van der Waals surface area (Å²) in [6, 6.07) is 10.4. The maximum atomic E-state index is 13.6. The zero-order valence-corrected chi connectivity index (χ0v) is 30.4. The number of carboxylic acids is 3. The van der Waals surface area contributed by atoms with Crippen LogP contribution in [0, 0.1) is 0 Å². The third-order valence-corrected chi connectivity index (χ3v) is 10.3. The summed E-state index contributed by atoms with van der Waals surface area (Å²) in [5.74, 6) is -4.32. The smallest absolute Gasteiger partial charge is 0.336 e. The lowest BCUT2D eigenvalue weighted by Crippen LogP contribution is -2.48. The molecule has 0 amide bonds. The van der Waals surface area contributed by atoms with Crippen LogP contribution in [-0.2, 0) is 37.4 Å². The second-order valence-corrected chi connectivity index (χ2v) is 14.2. The summed E-state index contributed by atoms with van der Waals surface area (Å²) in [4.78, 5) is 58.1. The van der Waals surface area contributed by atoms with Gasteiger partial charge in [0.2, 0.25) is 10.0 Å². The van der Waals surface area contributed by atoms with Crippen molar-refractivity contribution in [3.05, 3.63) is 64.3 Å². The van der Waals surface area contributed by atoms with E-state index in [1.165, 1.54) is 4.31 Å². The molecule has 3 aromatic heterocycles. The molecule has 19 heteroatoms. The van der Waals surface area contributed by atoms with E-state index in [1.54, 1.807) is 29.1 Å². The first-order chi connectivity index (χ1) is 25.1. The Morgan fingerprint density at radius 2 is 1.64 bits per heavy atom. The summed E-state index contributed by atoms with van der Waals surface area (Å²) in [7, 11) is -3.75. The highest BCUT2D eigenvalue weighted by molar-refractivity contribution is 7.89. The first-order valence-electron chi connectivity index (χ1n) is 16.9. The predicted octanol–water partition coefficient (Wildman–Crippen LogP) is 1.66. The fourth-order valence-corrected chi connectivity index (χ4v) is 7.11. The number of rotatable bonds is 15. The number of hydrogen-bond donors (Lipinski definition) is 5. The monoisotopic (exact) mass is 757 g/mol. The molecule has 4 heterocycles. The molecule has 1 aliphatic heterocycles. The van der Waals surface area contributed by atoms with E-state index in [0.717, 1.165) is 24.4 Å². The largest absolute Gasteiger partial charge is 0.493 e. The SMILES string of the molecule is CCCOc1ccc(S(=O)(=O)N2CCN(CC)CC2)cc1-c1nc2c(CC)n(Cc3ccccn3)nc2c(=O)[nH]1.O=C(O)CC(O)(CC(=O)O)C(=O)O. The number of aliphatic carboxylic acids is 3. The van der Waals surface area contributed by atoms with Gasteiger partial charge in [0.1, 0.15) is 17.1 Å². The van der Waals surface area contributed by atoms with Gasteiger partial charge in [0.15, 0.2) is 11.1 Å². The van der Waals surface area contributed by atoms with Gasteiger partial charge in [-0.2, -0.15) is 9.40 Å². The molecule has 4 aromatic rings. The molecule has 0 saturated carbocycles. The minimum atomic E-state index is -3.75. The molecule has 5 N–H and O–H groups in total. The van der Waals surface area contributed by atoms with Gasteiger partial charge in [0.25, 0.3) is 5.56 Å². The number of carboxylic acid groups (broad SMARTS) is 3. The van der Waals surface area contributed by atoms with Crippen molar-refractivity contribution in [1.82, 2.24) is 33.9 Å². The topological polar surface area (TPSA) is 258 Å². The lowest BCUT2D eigenvalue weighted by atomic mass is 9.96. The normalized spacial score (nSPS) is 14.0. The molecule has 1 saturated heterocycles. The first kappa shape index (κ1) is 40.5. The van der Waals surface area contributed by atoms with E-state index in [0.29, 0.717) is 62.6 Å². The van der Waals surface area contributed by atoms with E-state index < -0.39 is 51.9 Å². The number of sulfonamides is 1. The quantitative estimate of drug-likeness (QED) is 0.116. The van der Waals surface area contributed by atoms with Gasteiger partial charge in [-0.15, -0.1) is 0 Å². The third-order valence-electron chi connectivity index (χ3n) is 8.44. The number of ether oxygens (including phenoxy) is 1. The molecule has 1 aromatic carbocycles. The van der Waals surface area contributed by atoms with Gasteiger partial charge in [-0.3, -0.25) is 24.0 Å². The van der Waals surface area contributed by atoms with Gasteiger partial charge >= 0.3 is 17.9 Å². The van der Waals surface area contributed by atoms with Crippen LogP contribution in [0.3, 0.4) is 0 Å². The Hall–Kier alpha value is -5.24. The summed E-state index contributed by atoms with van der Waals surface area (Å²) in [5.41, 5.74) is -0.415. The predicted molar refractivity (Wildman–Crippen MR) is 190 cm³/mol. The molecule has 0 unspecified atom stereocenters. The van der Waals surface area contributed by atoms with Crippen LogP contribution < -0.4 is 10.3 Å². The van der Waals surface area contributed by atoms with E-state index in [9.17, 15) is 27.6 Å². The summed E-state index contributed by atoms with van der Waals surface area (Å²) in [6.45, 7) is 10.0. The number of benzene rings is 1. The fraction of sp³-hybridized carbons (Fsp3) is 0.441. The van der Waals surface area contributed by atoms with Gasteiger partial charge in [-0.25, -0.2) is 18.2 Å². The maximum Gasteiger partial charge on any atom is 0.336 e. The Bertz CT molecular complexity index is 2080. The van der Waals surface area contributed by atoms with Gasteiger partial charge in [-0.1, -0.05) is 26.8 Å². The number of H-pyrrole nitrogens is 1. The Morgan fingerprint density at radius 3 is 2.19 bits per heavy atom. The molecule has 0 atom stereocenters. The molecule has 1 aliphatic rings. The van der Waals surface area contributed by atoms with Crippen LogP contribution in [0.1, 0.15) is 51.4 Å². The van der Waals surface area contributed by atoms with Crippen molar-refractivity contribution < 1.29 is 48.0 Å². The lowest BCUT2D eigenvalue weighted by molar-refractivity contribution is -0.170. The molecule has 0 radical (unpaired) electrons. The highest BCUT2D eigenvalue weighted by Crippen LogP contribution is 2.32. The Morgan fingerprint density at radius 1 is 0.962 bits per heavy atom. The molecule has 18 nitrogen and oxygen atoms in total. The molecular weight excluding hydrogens is 714 g/mol. The average Bonchev–Trinajstić information content (AvgIpc) is 3.47. The van der Waals surface area contributed by atoms with Crippen LogP contribution >= 0.6 is 0 Å². The van der Waals surface area contributed by atoms with Gasteiger partial charge in [-0.05, 0) is 49.7 Å². The van der Waals surface area contributed by atoms with Crippen LogP contribution in [0.2, 0.25) is 0 Å². The van der Waals surface area contributed by atoms with Gasteiger partial charge in [0, 0.05) is 32.4 Å². The van der Waals surface area contributed by atoms with Crippen LogP contribution in [0.5, 0.6) is 5.75 Å². The average molecular weight is 758 g/mol. The van der Waals surface area contributed by atoms with E-state index in [1.807, 2.05) is 32.0 Å². The number of aryl methyl sites for hydroxylation is 1. The van der Waals surface area contributed by atoms with E-state index in [2.05, 4.69) is 26.9 Å². The van der Waals surface area contributed by atoms with Crippen molar-refractivity contribution >= 4 is 39.0 Å². The number of nitrogens with zero attached hydrogens (tertiary/aromatic N) is 6. The molecule has 1 fully saturated rings. The number of carbonyl (C=O) groups is 3. The van der Waals surface area contributed by atoms with Crippen molar-refractivity contribution in [1.29, 1.82) is 0 Å². The van der Waals surface area contributed by atoms with Gasteiger partial charge in [0.05, 0.1) is 47.8 Å². The number of fused-ring (bicyclic) bond motifs is 1. The Labute approximate surface area is 304 Å². The second kappa shape index (κ2) is 17.5. The molecule has 0 spiro atoms. The van der Waals surface area contributed by atoms with E-state index in [-0.39, 0.29) is 16.2 Å². The first-order valence-corrected chi connectivity index (χ1v) is 18.4. The lowest BCUT2D eigenvalue weighted by Gasteiger charge is -2.33. The van der Waals surface area contributed by atoms with Crippen molar-refractivity contribution in [2.45, 2.75) is 63.5 Å².